The first kappa shape index (κ1) is 21.6. The van der Waals surface area contributed by atoms with Gasteiger partial charge in [-0.3, -0.25) is 4.79 Å². The van der Waals surface area contributed by atoms with Crippen molar-refractivity contribution in [3.63, 3.8) is 0 Å². The third kappa shape index (κ3) is 5.95. The number of rotatable bonds is 7. The number of anilines is 1. The molecule has 2 aromatic carbocycles. The highest BCUT2D eigenvalue weighted by Crippen LogP contribution is 2.24. The van der Waals surface area contributed by atoms with Crippen molar-refractivity contribution in [1.29, 1.82) is 0 Å². The monoisotopic (exact) mass is 436 g/mol. The number of ether oxygens (including phenoxy) is 1. The van der Waals surface area contributed by atoms with Gasteiger partial charge in [0.1, 0.15) is 5.75 Å². The summed E-state index contributed by atoms with van der Waals surface area (Å²) in [6, 6.07) is 13.9. The Bertz CT molecular complexity index is 930. The van der Waals surface area contributed by atoms with Crippen molar-refractivity contribution in [3.05, 3.63) is 59.1 Å². The minimum atomic E-state index is -3.51. The minimum absolute atomic E-state index is 0.0998. The third-order valence-electron chi connectivity index (χ3n) is 4.84. The lowest BCUT2D eigenvalue weighted by molar-refractivity contribution is -0.120. The van der Waals surface area contributed by atoms with E-state index >= 15 is 0 Å². The fraction of sp³-hybridized carbons (Fsp3) is 0.381. The highest BCUT2D eigenvalue weighted by atomic mass is 35.5. The maximum absolute atomic E-state index is 12.8. The van der Waals surface area contributed by atoms with Crippen molar-refractivity contribution in [2.24, 2.45) is 5.92 Å². The number of nitrogens with zero attached hydrogens (tertiary/aromatic N) is 1. The van der Waals surface area contributed by atoms with E-state index in [4.69, 9.17) is 16.3 Å². The molecule has 0 aromatic heterocycles. The summed E-state index contributed by atoms with van der Waals surface area (Å²) in [5.74, 6) is 0.0933. The summed E-state index contributed by atoms with van der Waals surface area (Å²) in [5.41, 5.74) is 1.34. The molecule has 1 aliphatic rings. The maximum Gasteiger partial charge on any atom is 0.228 e. The van der Waals surface area contributed by atoms with E-state index in [0.29, 0.717) is 42.3 Å². The Labute approximate surface area is 176 Å². The number of sulfonamides is 1. The summed E-state index contributed by atoms with van der Waals surface area (Å²) < 4.78 is 32.4. The van der Waals surface area contributed by atoms with Crippen LogP contribution in [0.1, 0.15) is 25.3 Å². The molecule has 1 fully saturated rings. The lowest BCUT2D eigenvalue weighted by Gasteiger charge is -2.31. The van der Waals surface area contributed by atoms with Crippen LogP contribution in [0, 0.1) is 5.92 Å². The fourth-order valence-corrected chi connectivity index (χ4v) is 5.07. The summed E-state index contributed by atoms with van der Waals surface area (Å²) in [4.78, 5) is 12.7. The molecule has 0 unspecified atom stereocenters. The van der Waals surface area contributed by atoms with Gasteiger partial charge in [-0.15, -0.1) is 0 Å². The van der Waals surface area contributed by atoms with E-state index in [0.717, 1.165) is 5.75 Å². The van der Waals surface area contributed by atoms with Gasteiger partial charge in [0.2, 0.25) is 15.9 Å². The van der Waals surface area contributed by atoms with Crippen molar-refractivity contribution in [1.82, 2.24) is 4.31 Å². The Hall–Kier alpha value is -2.09. The number of benzene rings is 2. The maximum atomic E-state index is 12.8. The zero-order chi connectivity index (χ0) is 20.9. The van der Waals surface area contributed by atoms with Crippen LogP contribution in [0.2, 0.25) is 5.02 Å². The van der Waals surface area contributed by atoms with E-state index in [9.17, 15) is 13.2 Å². The van der Waals surface area contributed by atoms with Crippen LogP contribution < -0.4 is 10.1 Å². The second-order valence-corrected chi connectivity index (χ2v) is 9.43. The Morgan fingerprint density at radius 3 is 2.52 bits per heavy atom. The summed E-state index contributed by atoms with van der Waals surface area (Å²) in [5, 5.41) is 3.44. The molecule has 1 amide bonds. The van der Waals surface area contributed by atoms with E-state index in [2.05, 4.69) is 5.32 Å². The van der Waals surface area contributed by atoms with E-state index in [1.165, 1.54) is 4.31 Å². The summed E-state index contributed by atoms with van der Waals surface area (Å²) in [7, 11) is -3.51. The molecular formula is C21H25ClN2O4S. The molecule has 3 rings (SSSR count). The van der Waals surface area contributed by atoms with Crippen molar-refractivity contribution < 1.29 is 17.9 Å². The molecule has 1 saturated heterocycles. The zero-order valence-corrected chi connectivity index (χ0v) is 17.9. The number of carbonyl (C=O) groups excluding carboxylic acids is 1. The molecule has 1 atom stereocenters. The van der Waals surface area contributed by atoms with Crippen LogP contribution in [-0.4, -0.2) is 38.3 Å². The van der Waals surface area contributed by atoms with Gasteiger partial charge in [-0.05, 0) is 61.7 Å². The molecule has 0 spiro atoms. The van der Waals surface area contributed by atoms with Crippen LogP contribution in [0.4, 0.5) is 5.69 Å². The molecule has 0 saturated carbocycles. The first-order valence-electron chi connectivity index (χ1n) is 9.63. The average molecular weight is 437 g/mol. The Morgan fingerprint density at radius 1 is 1.17 bits per heavy atom. The third-order valence-corrected chi connectivity index (χ3v) is 6.91. The summed E-state index contributed by atoms with van der Waals surface area (Å²) in [6.07, 6.45) is 1.32. The summed E-state index contributed by atoms with van der Waals surface area (Å²) in [6.45, 7) is 3.11. The molecule has 0 aliphatic carbocycles. The number of carbonyl (C=O) groups is 1. The molecule has 1 aliphatic heterocycles. The molecule has 2 aromatic rings. The number of hydrogen-bond donors (Lipinski definition) is 1. The van der Waals surface area contributed by atoms with Crippen LogP contribution >= 0.6 is 11.6 Å². The number of hydrogen-bond acceptors (Lipinski definition) is 4. The quantitative estimate of drug-likeness (QED) is 0.713. The highest BCUT2D eigenvalue weighted by molar-refractivity contribution is 7.88. The van der Waals surface area contributed by atoms with Gasteiger partial charge in [0.25, 0.3) is 0 Å². The SMILES string of the molecule is CCOc1ccc(NC(=O)[C@H]2CCCN(S(=O)(=O)Cc3ccc(Cl)cc3)C2)cc1. The van der Waals surface area contributed by atoms with E-state index < -0.39 is 10.0 Å². The van der Waals surface area contributed by atoms with E-state index in [1.807, 2.05) is 6.92 Å². The van der Waals surface area contributed by atoms with Crippen molar-refractivity contribution in [2.45, 2.75) is 25.5 Å². The Morgan fingerprint density at radius 2 is 1.86 bits per heavy atom. The predicted octanol–water partition coefficient (Wildman–Crippen LogP) is 3.92. The molecule has 29 heavy (non-hydrogen) atoms. The number of nitrogens with one attached hydrogen (secondary N) is 1. The molecule has 8 heteroatoms. The van der Waals surface area contributed by atoms with Gasteiger partial charge in [0, 0.05) is 23.8 Å². The van der Waals surface area contributed by atoms with Gasteiger partial charge in [0.15, 0.2) is 0 Å². The molecular weight excluding hydrogens is 412 g/mol. The smallest absolute Gasteiger partial charge is 0.228 e. The minimum Gasteiger partial charge on any atom is -0.494 e. The molecule has 0 radical (unpaired) electrons. The second kappa shape index (κ2) is 9.61. The first-order chi connectivity index (χ1) is 13.9. The van der Waals surface area contributed by atoms with Crippen LogP contribution in [0.3, 0.4) is 0 Å². The van der Waals surface area contributed by atoms with Crippen molar-refractivity contribution in [3.8, 4) is 5.75 Å². The molecule has 156 valence electrons. The Kier molecular flexibility index (Phi) is 7.16. The standard InChI is InChI=1S/C21H25ClN2O4S/c1-2-28-20-11-9-19(10-12-20)23-21(25)17-4-3-13-24(14-17)29(26,27)15-16-5-7-18(22)8-6-16/h5-12,17H,2-4,13-15H2,1H3,(H,23,25)/t17-/m0/s1. The largest absolute Gasteiger partial charge is 0.494 e. The first-order valence-corrected chi connectivity index (χ1v) is 11.6. The van der Waals surface area contributed by atoms with Gasteiger partial charge in [-0.25, -0.2) is 12.7 Å². The normalized spacial score (nSPS) is 17.7. The predicted molar refractivity (Wildman–Crippen MR) is 115 cm³/mol. The average Bonchev–Trinajstić information content (AvgIpc) is 2.71. The van der Waals surface area contributed by atoms with Gasteiger partial charge in [-0.1, -0.05) is 23.7 Å². The number of halogens is 1. The van der Waals surface area contributed by atoms with Crippen molar-refractivity contribution in [2.75, 3.05) is 25.0 Å². The molecule has 0 bridgehead atoms. The van der Waals surface area contributed by atoms with Crippen LogP contribution in [0.25, 0.3) is 0 Å². The lowest BCUT2D eigenvalue weighted by atomic mass is 9.99. The van der Waals surface area contributed by atoms with Gasteiger partial charge >= 0.3 is 0 Å². The number of amides is 1. The van der Waals surface area contributed by atoms with Gasteiger partial charge in [-0.2, -0.15) is 0 Å². The van der Waals surface area contributed by atoms with E-state index in [-0.39, 0.29) is 24.1 Å². The van der Waals surface area contributed by atoms with Gasteiger partial charge < -0.3 is 10.1 Å². The second-order valence-electron chi connectivity index (χ2n) is 7.03. The molecule has 6 nitrogen and oxygen atoms in total. The van der Waals surface area contributed by atoms with Gasteiger partial charge in [0.05, 0.1) is 18.3 Å². The van der Waals surface area contributed by atoms with Crippen LogP contribution in [0.15, 0.2) is 48.5 Å². The summed E-state index contributed by atoms with van der Waals surface area (Å²) >= 11 is 5.87. The molecule has 1 N–H and O–H groups in total. The topological polar surface area (TPSA) is 75.7 Å². The van der Waals surface area contributed by atoms with E-state index in [1.54, 1.807) is 48.5 Å². The lowest BCUT2D eigenvalue weighted by Crippen LogP contribution is -2.44. The van der Waals surface area contributed by atoms with Crippen LogP contribution in [-0.2, 0) is 20.6 Å². The fourth-order valence-electron chi connectivity index (χ4n) is 3.34. The van der Waals surface area contributed by atoms with Crippen molar-refractivity contribution >= 4 is 33.2 Å². The van der Waals surface area contributed by atoms with Crippen LogP contribution in [0.5, 0.6) is 5.75 Å². The highest BCUT2D eigenvalue weighted by Gasteiger charge is 2.32. The number of piperidine rings is 1. The molecule has 1 heterocycles. The Balaban J connectivity index is 1.61. The zero-order valence-electron chi connectivity index (χ0n) is 16.3.